The van der Waals surface area contributed by atoms with Crippen molar-refractivity contribution in [2.75, 3.05) is 19.5 Å². The summed E-state index contributed by atoms with van der Waals surface area (Å²) >= 11 is 0. The molecule has 2 N–H and O–H groups in total. The van der Waals surface area contributed by atoms with E-state index in [0.29, 0.717) is 28.1 Å². The van der Waals surface area contributed by atoms with E-state index in [2.05, 4.69) is 10.3 Å². The number of amides is 1. The van der Waals surface area contributed by atoms with E-state index in [0.717, 1.165) is 0 Å². The smallest absolute Gasteiger partial charge is 0.296 e. The van der Waals surface area contributed by atoms with Gasteiger partial charge >= 0.3 is 0 Å². The number of halogens is 1. The van der Waals surface area contributed by atoms with Crippen LogP contribution in [-0.4, -0.2) is 30.9 Å². The highest BCUT2D eigenvalue weighted by atomic mass is 19.1. The SMILES string of the molecule is COc1ccc(OC)c(NC(=O)C(=O)c2c[nH]c3cc(F)ccc23)c1. The van der Waals surface area contributed by atoms with Crippen molar-refractivity contribution in [1.82, 2.24) is 4.98 Å². The lowest BCUT2D eigenvalue weighted by molar-refractivity contribution is -0.112. The number of anilines is 1. The Balaban J connectivity index is 1.89. The van der Waals surface area contributed by atoms with Crippen molar-refractivity contribution in [2.45, 2.75) is 0 Å². The molecular formula is C18H15FN2O4. The summed E-state index contributed by atoms with van der Waals surface area (Å²) in [6, 6.07) is 8.78. The quantitative estimate of drug-likeness (QED) is 0.551. The first kappa shape index (κ1) is 16.5. The Bertz CT molecular complexity index is 965. The van der Waals surface area contributed by atoms with E-state index < -0.39 is 17.5 Å². The number of Topliss-reactive ketones (excluding diaryl/α,β-unsaturated/α-hetero) is 1. The maximum absolute atomic E-state index is 13.2. The van der Waals surface area contributed by atoms with Crippen LogP contribution in [0, 0.1) is 5.82 Å². The molecule has 0 bridgehead atoms. The Labute approximate surface area is 142 Å². The number of rotatable bonds is 5. The van der Waals surface area contributed by atoms with Gasteiger partial charge in [-0.1, -0.05) is 0 Å². The van der Waals surface area contributed by atoms with Gasteiger partial charge in [-0.2, -0.15) is 0 Å². The Hall–Kier alpha value is -3.35. The molecule has 3 aromatic rings. The molecule has 7 heteroatoms. The van der Waals surface area contributed by atoms with Crippen LogP contribution in [0.4, 0.5) is 10.1 Å². The number of nitrogens with one attached hydrogen (secondary N) is 2. The molecule has 25 heavy (non-hydrogen) atoms. The molecule has 0 saturated carbocycles. The Morgan fingerprint density at radius 2 is 1.88 bits per heavy atom. The normalized spacial score (nSPS) is 10.5. The molecule has 0 fully saturated rings. The molecule has 0 atom stereocenters. The number of aromatic nitrogens is 1. The molecule has 0 spiro atoms. The zero-order valence-electron chi connectivity index (χ0n) is 13.6. The van der Waals surface area contributed by atoms with Gasteiger partial charge in [-0.25, -0.2) is 4.39 Å². The minimum Gasteiger partial charge on any atom is -0.497 e. The highest BCUT2D eigenvalue weighted by Gasteiger charge is 2.21. The molecule has 0 radical (unpaired) electrons. The van der Waals surface area contributed by atoms with Gasteiger partial charge in [0.15, 0.2) is 0 Å². The maximum atomic E-state index is 13.2. The topological polar surface area (TPSA) is 80.4 Å². The summed E-state index contributed by atoms with van der Waals surface area (Å²) in [5, 5.41) is 2.99. The molecule has 0 unspecified atom stereocenters. The summed E-state index contributed by atoms with van der Waals surface area (Å²) in [4.78, 5) is 27.6. The fraction of sp³-hybridized carbons (Fsp3) is 0.111. The average molecular weight is 342 g/mol. The van der Waals surface area contributed by atoms with Gasteiger partial charge in [0.25, 0.3) is 11.7 Å². The average Bonchev–Trinajstić information content (AvgIpc) is 3.03. The molecule has 3 rings (SSSR count). The van der Waals surface area contributed by atoms with E-state index >= 15 is 0 Å². The molecule has 6 nitrogen and oxygen atoms in total. The van der Waals surface area contributed by atoms with Gasteiger partial charge in [-0.15, -0.1) is 0 Å². The standard InChI is InChI=1S/C18H15FN2O4/c1-24-11-4-6-16(25-2)15(8-11)21-18(23)17(22)13-9-20-14-7-10(19)3-5-12(13)14/h3-9,20H,1-2H3,(H,21,23). The first-order valence-electron chi connectivity index (χ1n) is 7.38. The van der Waals surface area contributed by atoms with Crippen molar-refractivity contribution in [3.63, 3.8) is 0 Å². The third-order valence-electron chi connectivity index (χ3n) is 3.75. The van der Waals surface area contributed by atoms with Gasteiger partial charge in [-0.05, 0) is 30.3 Å². The van der Waals surface area contributed by atoms with Crippen LogP contribution in [0.25, 0.3) is 10.9 Å². The van der Waals surface area contributed by atoms with Crippen LogP contribution in [-0.2, 0) is 4.79 Å². The summed E-state index contributed by atoms with van der Waals surface area (Å²) in [5.74, 6) is -1.12. The number of H-pyrrole nitrogens is 1. The van der Waals surface area contributed by atoms with Crippen LogP contribution in [0.15, 0.2) is 42.6 Å². The highest BCUT2D eigenvalue weighted by Crippen LogP contribution is 2.29. The molecular weight excluding hydrogens is 327 g/mol. The third-order valence-corrected chi connectivity index (χ3v) is 3.75. The molecule has 1 heterocycles. The van der Waals surface area contributed by atoms with E-state index in [-0.39, 0.29) is 5.56 Å². The number of carbonyl (C=O) groups excluding carboxylic acids is 2. The maximum Gasteiger partial charge on any atom is 0.296 e. The number of ether oxygens (including phenoxy) is 2. The molecule has 0 aliphatic rings. The second kappa shape index (κ2) is 6.64. The minimum absolute atomic E-state index is 0.161. The molecule has 1 amide bonds. The zero-order chi connectivity index (χ0) is 18.0. The van der Waals surface area contributed by atoms with E-state index in [1.54, 1.807) is 18.2 Å². The van der Waals surface area contributed by atoms with E-state index in [9.17, 15) is 14.0 Å². The molecule has 0 saturated heterocycles. The summed E-state index contributed by atoms with van der Waals surface area (Å²) < 4.78 is 23.5. The fourth-order valence-electron chi connectivity index (χ4n) is 2.50. The predicted molar refractivity (Wildman–Crippen MR) is 90.8 cm³/mol. The van der Waals surface area contributed by atoms with E-state index in [4.69, 9.17) is 9.47 Å². The second-order valence-corrected chi connectivity index (χ2v) is 5.24. The molecule has 2 aromatic carbocycles. The molecule has 0 aliphatic heterocycles. The van der Waals surface area contributed by atoms with Crippen molar-refractivity contribution in [3.8, 4) is 11.5 Å². The van der Waals surface area contributed by atoms with Gasteiger partial charge in [0.2, 0.25) is 0 Å². The minimum atomic E-state index is -0.836. The van der Waals surface area contributed by atoms with Crippen LogP contribution < -0.4 is 14.8 Å². The molecule has 128 valence electrons. The monoisotopic (exact) mass is 342 g/mol. The van der Waals surface area contributed by atoms with Crippen molar-refractivity contribution in [3.05, 3.63) is 54.0 Å². The first-order valence-corrected chi connectivity index (χ1v) is 7.38. The van der Waals surface area contributed by atoms with Crippen LogP contribution in [0.5, 0.6) is 11.5 Å². The number of hydrogen-bond acceptors (Lipinski definition) is 4. The number of fused-ring (bicyclic) bond motifs is 1. The Kier molecular flexibility index (Phi) is 4.38. The number of ketones is 1. The zero-order valence-corrected chi connectivity index (χ0v) is 13.6. The van der Waals surface area contributed by atoms with E-state index in [1.807, 2.05) is 0 Å². The molecule has 1 aromatic heterocycles. The summed E-state index contributed by atoms with van der Waals surface area (Å²) in [7, 11) is 2.94. The lowest BCUT2D eigenvalue weighted by Gasteiger charge is -2.11. The Morgan fingerprint density at radius 3 is 2.60 bits per heavy atom. The van der Waals surface area contributed by atoms with Gasteiger partial charge in [0, 0.05) is 23.2 Å². The van der Waals surface area contributed by atoms with Gasteiger partial charge in [0.1, 0.15) is 17.3 Å². The van der Waals surface area contributed by atoms with Crippen molar-refractivity contribution < 1.29 is 23.5 Å². The first-order chi connectivity index (χ1) is 12.0. The van der Waals surface area contributed by atoms with Crippen LogP contribution in [0.2, 0.25) is 0 Å². The number of benzene rings is 2. The van der Waals surface area contributed by atoms with Crippen molar-refractivity contribution in [2.24, 2.45) is 0 Å². The fourth-order valence-corrected chi connectivity index (χ4v) is 2.50. The number of methoxy groups -OCH3 is 2. The van der Waals surface area contributed by atoms with Gasteiger partial charge in [-0.3, -0.25) is 9.59 Å². The van der Waals surface area contributed by atoms with Gasteiger partial charge < -0.3 is 19.8 Å². The number of aromatic amines is 1. The lowest BCUT2D eigenvalue weighted by atomic mass is 10.1. The van der Waals surface area contributed by atoms with Crippen LogP contribution in [0.1, 0.15) is 10.4 Å². The second-order valence-electron chi connectivity index (χ2n) is 5.24. The van der Waals surface area contributed by atoms with Gasteiger partial charge in [0.05, 0.1) is 25.5 Å². The summed E-state index contributed by atoms with van der Waals surface area (Å²) in [5.41, 5.74) is 0.913. The van der Waals surface area contributed by atoms with Crippen molar-refractivity contribution >= 4 is 28.3 Å². The van der Waals surface area contributed by atoms with Crippen molar-refractivity contribution in [1.29, 1.82) is 0 Å². The highest BCUT2D eigenvalue weighted by molar-refractivity contribution is 6.48. The lowest BCUT2D eigenvalue weighted by Crippen LogP contribution is -2.23. The molecule has 0 aliphatic carbocycles. The number of carbonyl (C=O) groups is 2. The third kappa shape index (κ3) is 3.16. The Morgan fingerprint density at radius 1 is 1.08 bits per heavy atom. The van der Waals surface area contributed by atoms with Crippen LogP contribution >= 0.6 is 0 Å². The summed E-state index contributed by atoms with van der Waals surface area (Å²) in [6.45, 7) is 0. The largest absolute Gasteiger partial charge is 0.497 e. The van der Waals surface area contributed by atoms with Crippen LogP contribution in [0.3, 0.4) is 0 Å². The van der Waals surface area contributed by atoms with E-state index in [1.165, 1.54) is 38.6 Å². The summed E-state index contributed by atoms with van der Waals surface area (Å²) in [6.07, 6.45) is 1.38. The number of hydrogen-bond donors (Lipinski definition) is 2. The predicted octanol–water partition coefficient (Wildman–Crippen LogP) is 3.15.